The molecule has 2 N–H and O–H groups in total. The number of nitrogens with zero attached hydrogens (tertiary/aromatic N) is 1. The van der Waals surface area contributed by atoms with Crippen LogP contribution in [0.3, 0.4) is 0 Å². The second-order valence-corrected chi connectivity index (χ2v) is 8.91. The summed E-state index contributed by atoms with van der Waals surface area (Å²) in [6, 6.07) is 0. The first-order valence-corrected chi connectivity index (χ1v) is 10.4. The van der Waals surface area contributed by atoms with Crippen molar-refractivity contribution in [3.63, 3.8) is 0 Å². The summed E-state index contributed by atoms with van der Waals surface area (Å²) in [6.45, 7) is 7.26. The van der Waals surface area contributed by atoms with E-state index >= 15 is 0 Å². The molecule has 0 saturated carbocycles. The van der Waals surface area contributed by atoms with Crippen molar-refractivity contribution in [2.75, 3.05) is 11.9 Å². The topological polar surface area (TPSA) is 117 Å². The van der Waals surface area contributed by atoms with Gasteiger partial charge in [0.2, 0.25) is 5.91 Å². The van der Waals surface area contributed by atoms with Crippen molar-refractivity contribution in [3.8, 4) is 0 Å². The van der Waals surface area contributed by atoms with Crippen LogP contribution < -0.4 is 10.6 Å². The lowest BCUT2D eigenvalue weighted by Crippen LogP contribution is -2.59. The normalized spacial score (nSPS) is 34.3. The molecule has 5 atom stereocenters. The average molecular weight is 427 g/mol. The van der Waals surface area contributed by atoms with Crippen LogP contribution in [0.5, 0.6) is 0 Å². The SMILES string of the molecule is CC1(C)O[C@H]2[C@@H](O1)[C@H](C(=O)NCCC(=O)Nc1nccs1)O[C@H]1OC(C)(C)O[C@@H]12. The number of rotatable bonds is 5. The molecule has 3 saturated heterocycles. The molecular formula is C18H25N3O7S. The number of hydrogen-bond donors (Lipinski definition) is 2. The number of amides is 2. The largest absolute Gasteiger partial charge is 0.353 e. The highest BCUT2D eigenvalue weighted by Crippen LogP contribution is 2.44. The highest BCUT2D eigenvalue weighted by molar-refractivity contribution is 7.13. The van der Waals surface area contributed by atoms with E-state index in [0.29, 0.717) is 5.13 Å². The summed E-state index contributed by atoms with van der Waals surface area (Å²) in [7, 11) is 0. The Bertz CT molecular complexity index is 770. The van der Waals surface area contributed by atoms with E-state index in [1.165, 1.54) is 11.3 Å². The van der Waals surface area contributed by atoms with Gasteiger partial charge in [-0.05, 0) is 27.7 Å². The summed E-state index contributed by atoms with van der Waals surface area (Å²) in [4.78, 5) is 28.7. The van der Waals surface area contributed by atoms with E-state index in [-0.39, 0.29) is 18.9 Å². The van der Waals surface area contributed by atoms with E-state index in [2.05, 4.69) is 15.6 Å². The summed E-state index contributed by atoms with van der Waals surface area (Å²) in [6.07, 6.45) is -1.62. The van der Waals surface area contributed by atoms with Crippen molar-refractivity contribution in [3.05, 3.63) is 11.6 Å². The van der Waals surface area contributed by atoms with Crippen LogP contribution in [-0.2, 0) is 33.3 Å². The monoisotopic (exact) mass is 427 g/mol. The lowest BCUT2D eigenvalue weighted by molar-refractivity contribution is -0.231. The van der Waals surface area contributed by atoms with Gasteiger partial charge in [0, 0.05) is 24.5 Å². The van der Waals surface area contributed by atoms with Crippen molar-refractivity contribution in [1.82, 2.24) is 10.3 Å². The number of thiazole rings is 1. The fourth-order valence-electron chi connectivity index (χ4n) is 3.69. The van der Waals surface area contributed by atoms with Crippen LogP contribution >= 0.6 is 11.3 Å². The molecule has 0 radical (unpaired) electrons. The number of aromatic nitrogens is 1. The minimum atomic E-state index is -0.942. The third-order valence-electron chi connectivity index (χ3n) is 4.74. The van der Waals surface area contributed by atoms with Crippen LogP contribution in [-0.4, -0.2) is 65.6 Å². The molecule has 0 aliphatic carbocycles. The summed E-state index contributed by atoms with van der Waals surface area (Å²) in [5.74, 6) is -2.36. The van der Waals surface area contributed by atoms with Gasteiger partial charge < -0.3 is 34.3 Å². The van der Waals surface area contributed by atoms with Crippen molar-refractivity contribution in [1.29, 1.82) is 0 Å². The number of hydrogen-bond acceptors (Lipinski definition) is 9. The lowest BCUT2D eigenvalue weighted by Gasteiger charge is -2.36. The summed E-state index contributed by atoms with van der Waals surface area (Å²) >= 11 is 1.33. The van der Waals surface area contributed by atoms with Crippen molar-refractivity contribution < 1.29 is 33.3 Å². The Morgan fingerprint density at radius 2 is 1.76 bits per heavy atom. The standard InChI is InChI=1S/C18H25N3O7S/c1-17(2)25-10-11(26-17)13-15(28-18(3,4)27-13)24-12(10)14(23)19-6-5-9(22)21-16-20-7-8-29-16/h7-8,10-13,15H,5-6H2,1-4H3,(H,19,23)(H,20,21,22)/t10-,11+,12-,13-,15+/m1/s1. The summed E-state index contributed by atoms with van der Waals surface area (Å²) < 4.78 is 29.5. The molecule has 11 heteroatoms. The third kappa shape index (κ3) is 4.44. The maximum atomic E-state index is 12.8. The Labute approximate surface area is 172 Å². The smallest absolute Gasteiger partial charge is 0.252 e. The molecule has 2 amide bonds. The molecule has 3 aliphatic rings. The molecule has 3 aliphatic heterocycles. The van der Waals surface area contributed by atoms with Crippen molar-refractivity contribution in [2.45, 2.75) is 76.4 Å². The lowest BCUT2D eigenvalue weighted by atomic mass is 9.98. The first-order valence-electron chi connectivity index (χ1n) is 9.47. The van der Waals surface area contributed by atoms with E-state index in [0.717, 1.165) is 0 Å². The molecule has 4 heterocycles. The Kier molecular flexibility index (Phi) is 5.38. The number of ether oxygens (including phenoxy) is 5. The molecule has 0 bridgehead atoms. The molecule has 160 valence electrons. The minimum Gasteiger partial charge on any atom is -0.353 e. The molecule has 0 spiro atoms. The van der Waals surface area contributed by atoms with Gasteiger partial charge in [-0.15, -0.1) is 11.3 Å². The molecule has 1 aromatic heterocycles. The molecule has 29 heavy (non-hydrogen) atoms. The van der Waals surface area contributed by atoms with Gasteiger partial charge in [-0.25, -0.2) is 4.98 Å². The zero-order valence-corrected chi connectivity index (χ0v) is 17.5. The van der Waals surface area contributed by atoms with E-state index in [4.69, 9.17) is 23.7 Å². The Balaban J connectivity index is 1.36. The highest BCUT2D eigenvalue weighted by atomic mass is 32.1. The molecule has 10 nitrogen and oxygen atoms in total. The molecular weight excluding hydrogens is 402 g/mol. The van der Waals surface area contributed by atoms with Gasteiger partial charge >= 0.3 is 0 Å². The van der Waals surface area contributed by atoms with Crippen molar-refractivity contribution >= 4 is 28.3 Å². The van der Waals surface area contributed by atoms with E-state index in [9.17, 15) is 9.59 Å². The second-order valence-electron chi connectivity index (χ2n) is 8.02. The van der Waals surface area contributed by atoms with Crippen LogP contribution in [0.1, 0.15) is 34.1 Å². The van der Waals surface area contributed by atoms with Crippen LogP contribution in [0.4, 0.5) is 5.13 Å². The Hall–Kier alpha value is -1.63. The van der Waals surface area contributed by atoms with E-state index < -0.39 is 48.2 Å². The molecule has 3 fully saturated rings. The number of carbonyl (C=O) groups is 2. The zero-order valence-electron chi connectivity index (χ0n) is 16.7. The van der Waals surface area contributed by atoms with Crippen LogP contribution in [0.25, 0.3) is 0 Å². The van der Waals surface area contributed by atoms with Crippen molar-refractivity contribution in [2.24, 2.45) is 0 Å². The fraction of sp³-hybridized carbons (Fsp3) is 0.722. The number of anilines is 1. The first-order chi connectivity index (χ1) is 13.6. The number of nitrogens with one attached hydrogen (secondary N) is 2. The van der Waals surface area contributed by atoms with Gasteiger partial charge in [0.15, 0.2) is 29.1 Å². The van der Waals surface area contributed by atoms with Gasteiger partial charge in [0.1, 0.15) is 18.3 Å². The maximum Gasteiger partial charge on any atom is 0.252 e. The number of carbonyl (C=O) groups excluding carboxylic acids is 2. The van der Waals surface area contributed by atoms with Gasteiger partial charge in [-0.3, -0.25) is 9.59 Å². The molecule has 4 rings (SSSR count). The predicted molar refractivity (Wildman–Crippen MR) is 101 cm³/mol. The van der Waals surface area contributed by atoms with Gasteiger partial charge in [-0.2, -0.15) is 0 Å². The first kappa shape index (κ1) is 20.6. The average Bonchev–Trinajstić information content (AvgIpc) is 3.29. The van der Waals surface area contributed by atoms with Gasteiger partial charge in [0.05, 0.1) is 0 Å². The second kappa shape index (κ2) is 7.56. The maximum absolute atomic E-state index is 12.8. The quantitative estimate of drug-likeness (QED) is 0.714. The summed E-state index contributed by atoms with van der Waals surface area (Å²) in [5.41, 5.74) is 0. The third-order valence-corrected chi connectivity index (χ3v) is 5.43. The van der Waals surface area contributed by atoms with Gasteiger partial charge in [0.25, 0.3) is 5.91 Å². The predicted octanol–water partition coefficient (Wildman–Crippen LogP) is 0.984. The van der Waals surface area contributed by atoms with Crippen LogP contribution in [0.15, 0.2) is 11.6 Å². The minimum absolute atomic E-state index is 0.105. The Morgan fingerprint density at radius 1 is 1.07 bits per heavy atom. The number of fused-ring (bicyclic) bond motifs is 3. The summed E-state index contributed by atoms with van der Waals surface area (Å²) in [5, 5.41) is 7.68. The van der Waals surface area contributed by atoms with Gasteiger partial charge in [-0.1, -0.05) is 0 Å². The Morgan fingerprint density at radius 3 is 2.48 bits per heavy atom. The van der Waals surface area contributed by atoms with E-state index in [1.54, 1.807) is 39.3 Å². The molecule has 0 unspecified atom stereocenters. The zero-order chi connectivity index (χ0) is 20.8. The van der Waals surface area contributed by atoms with Crippen LogP contribution in [0.2, 0.25) is 0 Å². The molecule has 1 aromatic rings. The molecule has 0 aromatic carbocycles. The van der Waals surface area contributed by atoms with E-state index in [1.807, 2.05) is 0 Å². The van der Waals surface area contributed by atoms with Crippen LogP contribution in [0, 0.1) is 0 Å². The fourth-order valence-corrected chi connectivity index (χ4v) is 4.24. The highest BCUT2D eigenvalue weighted by Gasteiger charge is 2.62.